The van der Waals surface area contributed by atoms with Crippen molar-refractivity contribution in [1.29, 1.82) is 0 Å². The highest BCUT2D eigenvalue weighted by molar-refractivity contribution is 5.37. The molecule has 0 radical (unpaired) electrons. The SMILES string of the molecule is CCOCC(C)Oc1c(F)cccc1C(C)N. The average molecular weight is 241 g/mol. The van der Waals surface area contributed by atoms with Crippen molar-refractivity contribution in [1.82, 2.24) is 0 Å². The van der Waals surface area contributed by atoms with Crippen LogP contribution < -0.4 is 10.5 Å². The number of rotatable bonds is 6. The zero-order valence-corrected chi connectivity index (χ0v) is 10.6. The quantitative estimate of drug-likeness (QED) is 0.832. The summed E-state index contributed by atoms with van der Waals surface area (Å²) < 4.78 is 24.5. The molecular formula is C13H20FNO2. The van der Waals surface area contributed by atoms with E-state index in [1.54, 1.807) is 19.1 Å². The summed E-state index contributed by atoms with van der Waals surface area (Å²) >= 11 is 0. The van der Waals surface area contributed by atoms with E-state index in [4.69, 9.17) is 15.2 Å². The summed E-state index contributed by atoms with van der Waals surface area (Å²) in [6.07, 6.45) is -0.204. The maximum absolute atomic E-state index is 13.7. The first-order valence-electron chi connectivity index (χ1n) is 5.84. The highest BCUT2D eigenvalue weighted by atomic mass is 19.1. The summed E-state index contributed by atoms with van der Waals surface area (Å²) in [5.74, 6) is -0.155. The van der Waals surface area contributed by atoms with Crippen molar-refractivity contribution >= 4 is 0 Å². The lowest BCUT2D eigenvalue weighted by molar-refractivity contribution is 0.0630. The van der Waals surface area contributed by atoms with E-state index in [1.807, 2.05) is 13.8 Å². The maximum Gasteiger partial charge on any atom is 0.165 e. The number of ether oxygens (including phenoxy) is 2. The van der Waals surface area contributed by atoms with Crippen LogP contribution in [0.15, 0.2) is 18.2 Å². The van der Waals surface area contributed by atoms with Crippen molar-refractivity contribution in [3.05, 3.63) is 29.6 Å². The summed E-state index contributed by atoms with van der Waals surface area (Å²) in [7, 11) is 0. The summed E-state index contributed by atoms with van der Waals surface area (Å²) in [5, 5.41) is 0. The lowest BCUT2D eigenvalue weighted by Gasteiger charge is -2.19. The molecule has 0 aliphatic heterocycles. The molecule has 0 fully saturated rings. The van der Waals surface area contributed by atoms with Crippen molar-refractivity contribution in [2.24, 2.45) is 5.73 Å². The Balaban J connectivity index is 2.81. The van der Waals surface area contributed by atoms with Crippen LogP contribution in [0.3, 0.4) is 0 Å². The molecular weight excluding hydrogens is 221 g/mol. The molecule has 2 atom stereocenters. The van der Waals surface area contributed by atoms with Gasteiger partial charge in [0.1, 0.15) is 6.10 Å². The molecule has 1 rings (SSSR count). The van der Waals surface area contributed by atoms with Crippen LogP contribution >= 0.6 is 0 Å². The molecule has 3 nitrogen and oxygen atoms in total. The van der Waals surface area contributed by atoms with Gasteiger partial charge in [-0.2, -0.15) is 0 Å². The van der Waals surface area contributed by atoms with Gasteiger partial charge >= 0.3 is 0 Å². The first-order chi connectivity index (χ1) is 8.06. The number of hydrogen-bond donors (Lipinski definition) is 1. The Labute approximate surface area is 102 Å². The number of para-hydroxylation sites is 1. The van der Waals surface area contributed by atoms with Gasteiger partial charge in [0.25, 0.3) is 0 Å². The summed E-state index contributed by atoms with van der Waals surface area (Å²) in [5.41, 5.74) is 6.46. The molecule has 2 N–H and O–H groups in total. The molecule has 0 aromatic heterocycles. The van der Waals surface area contributed by atoms with Crippen molar-refractivity contribution in [3.8, 4) is 5.75 Å². The van der Waals surface area contributed by atoms with Gasteiger partial charge in [0.2, 0.25) is 0 Å². The Hall–Kier alpha value is -1.13. The van der Waals surface area contributed by atoms with Crippen LogP contribution in [0.4, 0.5) is 4.39 Å². The van der Waals surface area contributed by atoms with Crippen LogP contribution in [0.1, 0.15) is 32.4 Å². The fraction of sp³-hybridized carbons (Fsp3) is 0.538. The normalized spacial score (nSPS) is 14.4. The molecule has 17 heavy (non-hydrogen) atoms. The molecule has 0 aliphatic carbocycles. The zero-order valence-electron chi connectivity index (χ0n) is 10.6. The summed E-state index contributed by atoms with van der Waals surface area (Å²) in [6.45, 7) is 6.60. The molecule has 1 aromatic rings. The number of hydrogen-bond acceptors (Lipinski definition) is 3. The molecule has 0 heterocycles. The standard InChI is InChI=1S/C13H20FNO2/c1-4-16-8-9(2)17-13-11(10(3)15)6-5-7-12(13)14/h5-7,9-10H,4,8,15H2,1-3H3. The van der Waals surface area contributed by atoms with Crippen LogP contribution in [-0.2, 0) is 4.74 Å². The van der Waals surface area contributed by atoms with Crippen molar-refractivity contribution < 1.29 is 13.9 Å². The fourth-order valence-corrected chi connectivity index (χ4v) is 1.53. The monoisotopic (exact) mass is 241 g/mol. The molecule has 0 saturated carbocycles. The highest BCUT2D eigenvalue weighted by Crippen LogP contribution is 2.27. The third-order valence-corrected chi connectivity index (χ3v) is 2.36. The van der Waals surface area contributed by atoms with Crippen LogP contribution in [0, 0.1) is 5.82 Å². The average Bonchev–Trinajstić information content (AvgIpc) is 2.28. The number of halogens is 1. The van der Waals surface area contributed by atoms with Gasteiger partial charge in [-0.3, -0.25) is 0 Å². The maximum atomic E-state index is 13.7. The topological polar surface area (TPSA) is 44.5 Å². The third-order valence-electron chi connectivity index (χ3n) is 2.36. The van der Waals surface area contributed by atoms with E-state index < -0.39 is 0 Å². The van der Waals surface area contributed by atoms with Gasteiger partial charge in [-0.1, -0.05) is 12.1 Å². The lowest BCUT2D eigenvalue weighted by atomic mass is 10.1. The van der Waals surface area contributed by atoms with Crippen LogP contribution in [0.2, 0.25) is 0 Å². The minimum atomic E-state index is -0.386. The fourth-order valence-electron chi connectivity index (χ4n) is 1.53. The molecule has 0 amide bonds. The minimum Gasteiger partial charge on any atom is -0.485 e. The third kappa shape index (κ3) is 3.98. The van der Waals surface area contributed by atoms with Crippen LogP contribution in [0.25, 0.3) is 0 Å². The van der Waals surface area contributed by atoms with Gasteiger partial charge in [-0.15, -0.1) is 0 Å². The van der Waals surface area contributed by atoms with Gasteiger partial charge in [-0.25, -0.2) is 4.39 Å². The van der Waals surface area contributed by atoms with E-state index in [1.165, 1.54) is 6.07 Å². The molecule has 0 spiro atoms. The van der Waals surface area contributed by atoms with E-state index >= 15 is 0 Å². The van der Waals surface area contributed by atoms with Gasteiger partial charge in [0, 0.05) is 18.2 Å². The molecule has 2 unspecified atom stereocenters. The van der Waals surface area contributed by atoms with Gasteiger partial charge in [0.15, 0.2) is 11.6 Å². The molecule has 0 aliphatic rings. The van der Waals surface area contributed by atoms with Gasteiger partial charge < -0.3 is 15.2 Å². The Morgan fingerprint density at radius 2 is 2.06 bits per heavy atom. The Bertz CT molecular complexity index is 355. The Morgan fingerprint density at radius 3 is 2.65 bits per heavy atom. The van der Waals surface area contributed by atoms with Gasteiger partial charge in [0.05, 0.1) is 6.61 Å². The van der Waals surface area contributed by atoms with E-state index in [-0.39, 0.29) is 23.7 Å². The second-order valence-electron chi connectivity index (χ2n) is 4.03. The zero-order chi connectivity index (χ0) is 12.8. The lowest BCUT2D eigenvalue weighted by Crippen LogP contribution is -2.21. The van der Waals surface area contributed by atoms with E-state index in [0.29, 0.717) is 18.8 Å². The Morgan fingerprint density at radius 1 is 1.35 bits per heavy atom. The summed E-state index contributed by atoms with van der Waals surface area (Å²) in [6, 6.07) is 4.51. The van der Waals surface area contributed by atoms with Gasteiger partial charge in [-0.05, 0) is 26.8 Å². The second kappa shape index (κ2) is 6.57. The molecule has 96 valence electrons. The second-order valence-corrected chi connectivity index (χ2v) is 4.03. The minimum absolute atomic E-state index is 0.204. The first-order valence-corrected chi connectivity index (χ1v) is 5.84. The first kappa shape index (κ1) is 13.9. The number of benzene rings is 1. The van der Waals surface area contributed by atoms with Crippen molar-refractivity contribution in [3.63, 3.8) is 0 Å². The molecule has 0 bridgehead atoms. The van der Waals surface area contributed by atoms with E-state index in [0.717, 1.165) is 0 Å². The molecule has 0 saturated heterocycles. The predicted molar refractivity (Wildman–Crippen MR) is 65.6 cm³/mol. The number of nitrogens with two attached hydrogens (primary N) is 1. The predicted octanol–water partition coefficient (Wildman–Crippen LogP) is 2.65. The smallest absolute Gasteiger partial charge is 0.165 e. The van der Waals surface area contributed by atoms with Crippen molar-refractivity contribution in [2.75, 3.05) is 13.2 Å². The largest absolute Gasteiger partial charge is 0.485 e. The Kier molecular flexibility index (Phi) is 5.38. The van der Waals surface area contributed by atoms with Crippen LogP contribution in [0.5, 0.6) is 5.75 Å². The van der Waals surface area contributed by atoms with E-state index in [9.17, 15) is 4.39 Å². The highest BCUT2D eigenvalue weighted by Gasteiger charge is 2.15. The molecule has 4 heteroatoms. The van der Waals surface area contributed by atoms with Crippen LogP contribution in [-0.4, -0.2) is 19.3 Å². The summed E-state index contributed by atoms with van der Waals surface area (Å²) in [4.78, 5) is 0. The molecule has 1 aromatic carbocycles. The van der Waals surface area contributed by atoms with Crippen molar-refractivity contribution in [2.45, 2.75) is 32.9 Å². The van der Waals surface area contributed by atoms with E-state index in [2.05, 4.69) is 0 Å².